The van der Waals surface area contributed by atoms with E-state index in [9.17, 15) is 8.78 Å². The summed E-state index contributed by atoms with van der Waals surface area (Å²) in [7, 11) is 1.36. The Hall–Kier alpha value is -1.98. The molecule has 0 saturated heterocycles. The zero-order chi connectivity index (χ0) is 15.9. The molecule has 0 N–H and O–H groups in total. The maximum Gasteiger partial charge on any atom is 0.163 e. The Labute approximate surface area is 134 Å². The molecule has 0 bridgehead atoms. The molecule has 0 unspecified atom stereocenters. The standard InChI is InChI=1S/C15H8Cl2F2N2O/c1-22-11-4-2-3-9(18)13(11)14-10(19)5-7-8(16)6-12(17)20-15(7)21-14/h2-6H,1H3. The first-order valence-electron chi connectivity index (χ1n) is 6.16. The number of aromatic nitrogens is 2. The number of ether oxygens (including phenoxy) is 1. The molecule has 22 heavy (non-hydrogen) atoms. The maximum absolute atomic E-state index is 14.4. The number of nitrogens with zero attached hydrogens (tertiary/aromatic N) is 2. The normalized spacial score (nSPS) is 11.0. The molecule has 0 saturated carbocycles. The van der Waals surface area contributed by atoms with Crippen LogP contribution in [-0.4, -0.2) is 17.1 Å². The lowest BCUT2D eigenvalue weighted by Crippen LogP contribution is -1.98. The number of halogens is 4. The van der Waals surface area contributed by atoms with E-state index in [1.807, 2.05) is 0 Å². The highest BCUT2D eigenvalue weighted by atomic mass is 35.5. The van der Waals surface area contributed by atoms with E-state index in [1.54, 1.807) is 0 Å². The lowest BCUT2D eigenvalue weighted by atomic mass is 10.1. The van der Waals surface area contributed by atoms with E-state index in [4.69, 9.17) is 27.9 Å². The Morgan fingerprint density at radius 2 is 1.82 bits per heavy atom. The lowest BCUT2D eigenvalue weighted by Gasteiger charge is -2.11. The number of rotatable bonds is 2. The van der Waals surface area contributed by atoms with Crippen LogP contribution < -0.4 is 4.74 Å². The van der Waals surface area contributed by atoms with Crippen molar-refractivity contribution in [3.05, 3.63) is 52.1 Å². The van der Waals surface area contributed by atoms with Crippen molar-refractivity contribution in [3.63, 3.8) is 0 Å². The van der Waals surface area contributed by atoms with Crippen LogP contribution in [0.2, 0.25) is 10.2 Å². The SMILES string of the molecule is COc1cccc(F)c1-c1nc2nc(Cl)cc(Cl)c2cc1F. The first-order chi connectivity index (χ1) is 10.5. The van der Waals surface area contributed by atoms with Gasteiger partial charge in [-0.2, -0.15) is 0 Å². The first-order valence-corrected chi connectivity index (χ1v) is 6.92. The summed E-state index contributed by atoms with van der Waals surface area (Å²) in [5, 5.41) is 0.624. The van der Waals surface area contributed by atoms with Crippen molar-refractivity contribution < 1.29 is 13.5 Å². The molecule has 0 radical (unpaired) electrons. The van der Waals surface area contributed by atoms with E-state index in [1.165, 1.54) is 31.4 Å². The summed E-state index contributed by atoms with van der Waals surface area (Å²) in [6.45, 7) is 0. The monoisotopic (exact) mass is 340 g/mol. The molecule has 2 aromatic heterocycles. The quantitative estimate of drug-likeness (QED) is 0.623. The fourth-order valence-corrected chi connectivity index (χ4v) is 2.62. The van der Waals surface area contributed by atoms with Crippen molar-refractivity contribution in [1.29, 1.82) is 0 Å². The minimum Gasteiger partial charge on any atom is -0.496 e. The molecule has 0 atom stereocenters. The molecule has 7 heteroatoms. The zero-order valence-electron chi connectivity index (χ0n) is 11.2. The molecule has 0 aliphatic heterocycles. The molecule has 112 valence electrons. The van der Waals surface area contributed by atoms with Crippen LogP contribution in [0, 0.1) is 11.6 Å². The maximum atomic E-state index is 14.4. The lowest BCUT2D eigenvalue weighted by molar-refractivity contribution is 0.413. The van der Waals surface area contributed by atoms with Gasteiger partial charge in [-0.05, 0) is 24.3 Å². The van der Waals surface area contributed by atoms with Crippen molar-refractivity contribution in [1.82, 2.24) is 9.97 Å². The largest absolute Gasteiger partial charge is 0.496 e. The first kappa shape index (κ1) is 14.9. The summed E-state index contributed by atoms with van der Waals surface area (Å²) in [4.78, 5) is 8.05. The number of fused-ring (bicyclic) bond motifs is 1. The highest BCUT2D eigenvalue weighted by Gasteiger charge is 2.19. The van der Waals surface area contributed by atoms with E-state index in [0.29, 0.717) is 5.39 Å². The van der Waals surface area contributed by atoms with Crippen molar-refractivity contribution >= 4 is 34.2 Å². The molecule has 0 aliphatic rings. The van der Waals surface area contributed by atoms with Gasteiger partial charge in [0.15, 0.2) is 11.5 Å². The minimum absolute atomic E-state index is 0.0812. The summed E-state index contributed by atoms with van der Waals surface area (Å²) >= 11 is 11.8. The van der Waals surface area contributed by atoms with Crippen molar-refractivity contribution in [3.8, 4) is 17.0 Å². The van der Waals surface area contributed by atoms with E-state index in [-0.39, 0.29) is 32.8 Å². The van der Waals surface area contributed by atoms with Gasteiger partial charge in [0.25, 0.3) is 0 Å². The average molecular weight is 341 g/mol. The highest BCUT2D eigenvalue weighted by Crippen LogP contribution is 2.35. The summed E-state index contributed by atoms with van der Waals surface area (Å²) < 4.78 is 33.6. The second-order valence-corrected chi connectivity index (χ2v) is 5.23. The molecule has 0 fully saturated rings. The molecular formula is C15H8Cl2F2N2O. The van der Waals surface area contributed by atoms with Crippen LogP contribution in [0.25, 0.3) is 22.3 Å². The summed E-state index contributed by atoms with van der Waals surface area (Å²) in [5.74, 6) is -1.22. The third-order valence-corrected chi connectivity index (χ3v) is 3.61. The molecule has 1 aromatic carbocycles. The van der Waals surface area contributed by atoms with Gasteiger partial charge in [-0.15, -0.1) is 0 Å². The number of benzene rings is 1. The number of hydrogen-bond donors (Lipinski definition) is 0. The third kappa shape index (κ3) is 2.46. The van der Waals surface area contributed by atoms with Gasteiger partial charge in [-0.25, -0.2) is 18.7 Å². The average Bonchev–Trinajstić information content (AvgIpc) is 2.47. The molecule has 0 amide bonds. The summed E-state index contributed by atoms with van der Waals surface area (Å²) in [5.41, 5.74) is -0.171. The molecule has 2 heterocycles. The van der Waals surface area contributed by atoms with Gasteiger partial charge >= 0.3 is 0 Å². The summed E-state index contributed by atoms with van der Waals surface area (Å²) in [6, 6.07) is 6.71. The fraction of sp³-hybridized carbons (Fsp3) is 0.0667. The highest BCUT2D eigenvalue weighted by molar-refractivity contribution is 6.37. The van der Waals surface area contributed by atoms with Crippen LogP contribution in [0.1, 0.15) is 0 Å². The fourth-order valence-electron chi connectivity index (χ4n) is 2.14. The van der Waals surface area contributed by atoms with Crippen LogP contribution in [0.5, 0.6) is 5.75 Å². The van der Waals surface area contributed by atoms with Gasteiger partial charge < -0.3 is 4.74 Å². The van der Waals surface area contributed by atoms with E-state index in [2.05, 4.69) is 9.97 Å². The predicted octanol–water partition coefficient (Wildman–Crippen LogP) is 4.89. The molecule has 3 aromatic rings. The van der Waals surface area contributed by atoms with Gasteiger partial charge in [0.1, 0.15) is 22.4 Å². The molecule has 0 spiro atoms. The predicted molar refractivity (Wildman–Crippen MR) is 81.5 cm³/mol. The zero-order valence-corrected chi connectivity index (χ0v) is 12.7. The van der Waals surface area contributed by atoms with Crippen LogP contribution in [0.15, 0.2) is 30.3 Å². The third-order valence-electron chi connectivity index (χ3n) is 3.10. The Kier molecular flexibility index (Phi) is 3.85. The second-order valence-electron chi connectivity index (χ2n) is 4.43. The minimum atomic E-state index is -0.734. The smallest absolute Gasteiger partial charge is 0.163 e. The van der Waals surface area contributed by atoms with Crippen molar-refractivity contribution in [2.24, 2.45) is 0 Å². The van der Waals surface area contributed by atoms with Gasteiger partial charge in [0.05, 0.1) is 17.7 Å². The number of pyridine rings is 2. The van der Waals surface area contributed by atoms with Crippen LogP contribution >= 0.6 is 23.2 Å². The Bertz CT molecular complexity index is 887. The van der Waals surface area contributed by atoms with Gasteiger partial charge in [0.2, 0.25) is 0 Å². The molecule has 3 nitrogen and oxygen atoms in total. The van der Waals surface area contributed by atoms with Crippen molar-refractivity contribution in [2.75, 3.05) is 7.11 Å². The topological polar surface area (TPSA) is 35.0 Å². The van der Waals surface area contributed by atoms with E-state index in [0.717, 1.165) is 6.07 Å². The van der Waals surface area contributed by atoms with Gasteiger partial charge in [-0.3, -0.25) is 0 Å². The van der Waals surface area contributed by atoms with Gasteiger partial charge in [0, 0.05) is 5.39 Å². The molecule has 3 rings (SSSR count). The van der Waals surface area contributed by atoms with E-state index >= 15 is 0 Å². The summed E-state index contributed by atoms with van der Waals surface area (Å²) in [6.07, 6.45) is 0. The molecular weight excluding hydrogens is 333 g/mol. The Morgan fingerprint density at radius 3 is 2.55 bits per heavy atom. The van der Waals surface area contributed by atoms with E-state index < -0.39 is 11.6 Å². The number of methoxy groups -OCH3 is 1. The second kappa shape index (κ2) is 5.66. The Balaban J connectivity index is 2.35. The van der Waals surface area contributed by atoms with Crippen molar-refractivity contribution in [2.45, 2.75) is 0 Å². The number of hydrogen-bond acceptors (Lipinski definition) is 3. The van der Waals surface area contributed by atoms with Crippen LogP contribution in [-0.2, 0) is 0 Å². The van der Waals surface area contributed by atoms with Gasteiger partial charge in [-0.1, -0.05) is 29.3 Å². The van der Waals surface area contributed by atoms with Crippen LogP contribution in [0.4, 0.5) is 8.78 Å². The van der Waals surface area contributed by atoms with Crippen LogP contribution in [0.3, 0.4) is 0 Å². The Morgan fingerprint density at radius 1 is 1.05 bits per heavy atom. The molecule has 0 aliphatic carbocycles.